The summed E-state index contributed by atoms with van der Waals surface area (Å²) in [7, 11) is 0. The molecule has 0 rings (SSSR count). The molecule has 0 saturated carbocycles. The van der Waals surface area contributed by atoms with Gasteiger partial charge in [-0.25, -0.2) is 0 Å². The van der Waals surface area contributed by atoms with Gasteiger partial charge in [0.1, 0.15) is 13.2 Å². The summed E-state index contributed by atoms with van der Waals surface area (Å²) in [6, 6.07) is 0. The Morgan fingerprint density at radius 2 is 0.512 bits per heavy atom. The van der Waals surface area contributed by atoms with Crippen LogP contribution in [0.1, 0.15) is 361 Å². The maximum atomic E-state index is 12.9. The molecule has 1 atom stereocenters. The Hall–Kier alpha value is -3.15. The number of hydrogen-bond donors (Lipinski definition) is 0. The van der Waals surface area contributed by atoms with Crippen molar-refractivity contribution < 1.29 is 28.6 Å². The van der Waals surface area contributed by atoms with Crippen LogP contribution in [0, 0.1) is 0 Å². The fourth-order valence-corrected chi connectivity index (χ4v) is 10.3. The van der Waals surface area contributed by atoms with Gasteiger partial charge < -0.3 is 14.2 Å². The standard InChI is InChI=1S/C74H132O6/c1-4-7-10-13-16-19-22-25-27-28-29-30-31-32-33-34-35-36-37-38-39-40-41-42-43-44-45-46-47-50-52-55-58-61-64-67-73(76)79-70-71(69-78-72(75)66-63-60-57-54-51-48-24-21-18-15-12-9-6-3)80-74(77)68-65-62-59-56-53-49-26-23-20-17-14-11-8-5-2/h9,12,18,21-22,25,28-29,48,51,57,60,71H,4-8,10-11,13-17,19-20,23-24,26-27,30-47,49-50,52-56,58-59,61-70H2,1-3H3/b12-9-,21-18-,25-22-,29-28-,51-48-,60-57-. The van der Waals surface area contributed by atoms with Crippen molar-refractivity contribution in [3.05, 3.63) is 72.9 Å². The van der Waals surface area contributed by atoms with Crippen LogP contribution in [-0.2, 0) is 28.6 Å². The molecular weight excluding hydrogens is 985 g/mol. The van der Waals surface area contributed by atoms with Crippen molar-refractivity contribution in [2.45, 2.75) is 367 Å². The molecule has 0 aromatic heterocycles. The molecule has 0 bridgehead atoms. The van der Waals surface area contributed by atoms with Crippen LogP contribution in [-0.4, -0.2) is 37.2 Å². The third-order valence-corrected chi connectivity index (χ3v) is 15.5. The van der Waals surface area contributed by atoms with Crippen molar-refractivity contribution in [2.75, 3.05) is 13.2 Å². The normalized spacial score (nSPS) is 12.5. The van der Waals surface area contributed by atoms with Gasteiger partial charge in [-0.3, -0.25) is 14.4 Å². The Balaban J connectivity index is 4.08. The zero-order chi connectivity index (χ0) is 57.8. The molecule has 0 fully saturated rings. The van der Waals surface area contributed by atoms with Crippen molar-refractivity contribution >= 4 is 17.9 Å². The number of unbranched alkanes of at least 4 members (excludes halogenated alkanes) is 41. The highest BCUT2D eigenvalue weighted by Gasteiger charge is 2.19. The highest BCUT2D eigenvalue weighted by molar-refractivity contribution is 5.71. The number of allylic oxidation sites excluding steroid dienone is 12. The summed E-state index contributed by atoms with van der Waals surface area (Å²) in [5.41, 5.74) is 0. The molecule has 0 aromatic rings. The van der Waals surface area contributed by atoms with Crippen LogP contribution < -0.4 is 0 Å². The van der Waals surface area contributed by atoms with E-state index in [-0.39, 0.29) is 37.5 Å². The lowest BCUT2D eigenvalue weighted by molar-refractivity contribution is -0.166. The fraction of sp³-hybridized carbons (Fsp3) is 0.797. The quantitative estimate of drug-likeness (QED) is 0.0261. The van der Waals surface area contributed by atoms with Gasteiger partial charge in [0.25, 0.3) is 0 Å². The summed E-state index contributed by atoms with van der Waals surface area (Å²) < 4.78 is 16.9. The van der Waals surface area contributed by atoms with Crippen molar-refractivity contribution in [3.8, 4) is 0 Å². The van der Waals surface area contributed by atoms with Crippen LogP contribution in [0.3, 0.4) is 0 Å². The van der Waals surface area contributed by atoms with Gasteiger partial charge in [-0.1, -0.05) is 338 Å². The van der Waals surface area contributed by atoms with E-state index in [1.54, 1.807) is 0 Å². The van der Waals surface area contributed by atoms with Gasteiger partial charge in [-0.05, 0) is 77.0 Å². The number of ether oxygens (including phenoxy) is 3. The predicted octanol–water partition coefficient (Wildman–Crippen LogP) is 24.1. The maximum Gasteiger partial charge on any atom is 0.306 e. The molecule has 0 heterocycles. The van der Waals surface area contributed by atoms with E-state index in [1.807, 2.05) is 6.08 Å². The molecule has 6 heteroatoms. The number of esters is 3. The Labute approximate surface area is 497 Å². The second kappa shape index (κ2) is 68.3. The number of carbonyl (C=O) groups excluding carboxylic acids is 3. The number of hydrogen-bond acceptors (Lipinski definition) is 6. The van der Waals surface area contributed by atoms with E-state index in [0.29, 0.717) is 19.3 Å². The van der Waals surface area contributed by atoms with E-state index < -0.39 is 6.10 Å². The van der Waals surface area contributed by atoms with E-state index >= 15 is 0 Å². The van der Waals surface area contributed by atoms with Gasteiger partial charge >= 0.3 is 17.9 Å². The smallest absolute Gasteiger partial charge is 0.306 e. The summed E-state index contributed by atoms with van der Waals surface area (Å²) >= 11 is 0. The second-order valence-electron chi connectivity index (χ2n) is 23.4. The molecule has 0 N–H and O–H groups in total. The summed E-state index contributed by atoms with van der Waals surface area (Å²) in [6.45, 7) is 6.49. The molecule has 0 aliphatic carbocycles. The van der Waals surface area contributed by atoms with Crippen LogP contribution in [0.15, 0.2) is 72.9 Å². The molecule has 0 aromatic carbocycles. The van der Waals surface area contributed by atoms with Crippen molar-refractivity contribution in [1.82, 2.24) is 0 Å². The van der Waals surface area contributed by atoms with Gasteiger partial charge in [0.15, 0.2) is 6.10 Å². The molecule has 0 aliphatic rings. The lowest BCUT2D eigenvalue weighted by atomic mass is 10.0. The summed E-state index contributed by atoms with van der Waals surface area (Å²) in [6.07, 6.45) is 89.7. The molecule has 0 radical (unpaired) electrons. The summed E-state index contributed by atoms with van der Waals surface area (Å²) in [5.74, 6) is -0.959. The first kappa shape index (κ1) is 76.9. The predicted molar refractivity (Wildman–Crippen MR) is 348 cm³/mol. The van der Waals surface area contributed by atoms with Gasteiger partial charge in [0, 0.05) is 19.3 Å². The monoisotopic (exact) mass is 1120 g/mol. The minimum absolute atomic E-state index is 0.0922. The van der Waals surface area contributed by atoms with Crippen molar-refractivity contribution in [3.63, 3.8) is 0 Å². The maximum absolute atomic E-state index is 12.9. The van der Waals surface area contributed by atoms with Gasteiger partial charge in [0.2, 0.25) is 0 Å². The lowest BCUT2D eigenvalue weighted by Crippen LogP contribution is -2.30. The van der Waals surface area contributed by atoms with E-state index in [0.717, 1.165) is 70.6 Å². The van der Waals surface area contributed by atoms with Gasteiger partial charge in [-0.2, -0.15) is 0 Å². The zero-order valence-electron chi connectivity index (χ0n) is 53.3. The Morgan fingerprint density at radius 1 is 0.263 bits per heavy atom. The lowest BCUT2D eigenvalue weighted by Gasteiger charge is -2.18. The van der Waals surface area contributed by atoms with Crippen molar-refractivity contribution in [1.29, 1.82) is 0 Å². The Morgan fingerprint density at radius 3 is 0.838 bits per heavy atom. The summed E-state index contributed by atoms with van der Waals surface area (Å²) in [4.78, 5) is 38.2. The largest absolute Gasteiger partial charge is 0.462 e. The van der Waals surface area contributed by atoms with E-state index in [4.69, 9.17) is 14.2 Å². The average Bonchev–Trinajstić information content (AvgIpc) is 3.46. The average molecular weight is 1120 g/mol. The highest BCUT2D eigenvalue weighted by Crippen LogP contribution is 2.18. The molecule has 0 amide bonds. The minimum Gasteiger partial charge on any atom is -0.462 e. The summed E-state index contributed by atoms with van der Waals surface area (Å²) in [5, 5.41) is 0. The van der Waals surface area contributed by atoms with Gasteiger partial charge in [0.05, 0.1) is 0 Å². The SMILES string of the molecule is CC/C=C\C/C=C\C/C=C\C/C=C\CCC(=O)OCC(COC(=O)CCCCCCCCCCCCCCCCCCCCCCCCC/C=C\C/C=C\CCCCCCC)OC(=O)CCCCCCCCCCCCCCCC. The molecule has 0 aliphatic heterocycles. The van der Waals surface area contributed by atoms with E-state index in [1.165, 1.54) is 244 Å². The number of carbonyl (C=O) groups is 3. The van der Waals surface area contributed by atoms with Gasteiger partial charge in [-0.15, -0.1) is 0 Å². The molecule has 80 heavy (non-hydrogen) atoms. The molecular formula is C74H132O6. The first-order chi connectivity index (χ1) is 39.5. The first-order valence-corrected chi connectivity index (χ1v) is 34.9. The van der Waals surface area contributed by atoms with E-state index in [2.05, 4.69) is 87.6 Å². The highest BCUT2D eigenvalue weighted by atomic mass is 16.6. The Kier molecular flexibility index (Phi) is 65.7. The molecule has 0 saturated heterocycles. The van der Waals surface area contributed by atoms with Crippen LogP contribution in [0.5, 0.6) is 0 Å². The van der Waals surface area contributed by atoms with Crippen LogP contribution >= 0.6 is 0 Å². The first-order valence-electron chi connectivity index (χ1n) is 34.9. The van der Waals surface area contributed by atoms with Crippen LogP contribution in [0.2, 0.25) is 0 Å². The molecule has 464 valence electrons. The number of rotatable bonds is 64. The minimum atomic E-state index is -0.801. The molecule has 0 spiro atoms. The Bertz CT molecular complexity index is 1470. The zero-order valence-corrected chi connectivity index (χ0v) is 53.3. The van der Waals surface area contributed by atoms with Crippen molar-refractivity contribution in [2.24, 2.45) is 0 Å². The van der Waals surface area contributed by atoms with Crippen LogP contribution in [0.4, 0.5) is 0 Å². The van der Waals surface area contributed by atoms with E-state index in [9.17, 15) is 14.4 Å². The third kappa shape index (κ3) is 65.7. The fourth-order valence-electron chi connectivity index (χ4n) is 10.3. The molecule has 6 nitrogen and oxygen atoms in total. The molecule has 1 unspecified atom stereocenters. The topological polar surface area (TPSA) is 78.9 Å². The third-order valence-electron chi connectivity index (χ3n) is 15.5. The second-order valence-corrected chi connectivity index (χ2v) is 23.4. The van der Waals surface area contributed by atoms with Crippen LogP contribution in [0.25, 0.3) is 0 Å².